The van der Waals surface area contributed by atoms with Crippen molar-refractivity contribution in [3.8, 4) is 0 Å². The average molecular weight is 701 g/mol. The van der Waals surface area contributed by atoms with Gasteiger partial charge in [-0.1, -0.05) is 71.9 Å². The summed E-state index contributed by atoms with van der Waals surface area (Å²) in [5.41, 5.74) is 8.12. The SMILES string of the molecule is CC(=O)O/N=C(/C(=O)N[C@@H]1C(=O)N2C(C(=O)OC(c3ccccc3)c3ccccc3)=C(SCc3cccnc3)CS[C@H]12)c1csc(N)n1. The number of thiazole rings is 1. The molecule has 0 saturated carbocycles. The third-order valence-corrected chi connectivity index (χ3v) is 10.5. The topological polar surface area (TPSA) is 166 Å². The summed E-state index contributed by atoms with van der Waals surface area (Å²) in [6, 6.07) is 21.5. The number of nitrogen functional groups attached to an aromatic ring is 1. The standard InChI is InChI=1S/C33H28N6O6S3/c1-19(40)45-38-25(23-17-48-33(34)36-23)29(41)37-26-30(42)39-27(24(18-47-31(26)39)46-16-20-9-8-14-35-15-20)32(43)44-28(21-10-4-2-5-11-21)22-12-6-3-7-13-22/h2-15,17,26,28,31H,16,18H2,1H3,(H2,34,36)(H,37,41)/b38-25+/t26-,31-/m1/s1. The number of benzene rings is 2. The predicted molar refractivity (Wildman–Crippen MR) is 183 cm³/mol. The Morgan fingerprint density at radius 3 is 2.40 bits per heavy atom. The molecular formula is C33H28N6O6S3. The van der Waals surface area contributed by atoms with Crippen LogP contribution in [0.3, 0.4) is 0 Å². The highest BCUT2D eigenvalue weighted by Gasteiger charge is 2.55. The first kappa shape index (κ1) is 32.9. The van der Waals surface area contributed by atoms with Gasteiger partial charge in [-0.05, 0) is 22.8 Å². The van der Waals surface area contributed by atoms with E-state index in [1.54, 1.807) is 12.4 Å². The molecule has 3 N–H and O–H groups in total. The Morgan fingerprint density at radius 1 is 1.08 bits per heavy atom. The molecule has 0 radical (unpaired) electrons. The molecule has 2 amide bonds. The summed E-state index contributed by atoms with van der Waals surface area (Å²) in [5.74, 6) is -1.81. The van der Waals surface area contributed by atoms with E-state index in [0.29, 0.717) is 16.4 Å². The molecule has 48 heavy (non-hydrogen) atoms. The molecule has 0 unspecified atom stereocenters. The van der Waals surface area contributed by atoms with E-state index >= 15 is 0 Å². The van der Waals surface area contributed by atoms with Crippen molar-refractivity contribution in [3.05, 3.63) is 124 Å². The first-order valence-electron chi connectivity index (χ1n) is 14.6. The number of carbonyl (C=O) groups is 4. The number of hydrogen-bond acceptors (Lipinski definition) is 13. The number of carbonyl (C=O) groups excluding carboxylic acids is 4. The van der Waals surface area contributed by atoms with Crippen LogP contribution in [0.4, 0.5) is 5.13 Å². The number of oxime groups is 1. The maximum absolute atomic E-state index is 14.2. The Bertz CT molecular complexity index is 1850. The number of thioether (sulfide) groups is 2. The van der Waals surface area contributed by atoms with E-state index in [0.717, 1.165) is 35.0 Å². The Labute approximate surface area is 287 Å². The van der Waals surface area contributed by atoms with Gasteiger partial charge in [-0.15, -0.1) is 34.9 Å². The number of pyridine rings is 1. The number of nitrogens with zero attached hydrogens (tertiary/aromatic N) is 4. The second-order valence-corrected chi connectivity index (χ2v) is 13.5. The van der Waals surface area contributed by atoms with Crippen LogP contribution in [0.2, 0.25) is 0 Å². The fourth-order valence-electron chi connectivity index (χ4n) is 5.01. The van der Waals surface area contributed by atoms with Crippen molar-refractivity contribution >= 4 is 69.5 Å². The number of nitrogens with one attached hydrogen (secondary N) is 1. The van der Waals surface area contributed by atoms with Gasteiger partial charge in [0.15, 0.2) is 16.9 Å². The maximum Gasteiger partial charge on any atom is 0.356 e. The third kappa shape index (κ3) is 7.27. The van der Waals surface area contributed by atoms with E-state index in [2.05, 4.69) is 20.4 Å². The summed E-state index contributed by atoms with van der Waals surface area (Å²) in [7, 11) is 0. The largest absolute Gasteiger partial charge is 0.448 e. The van der Waals surface area contributed by atoms with Crippen LogP contribution in [0.1, 0.15) is 35.4 Å². The average Bonchev–Trinajstić information content (AvgIpc) is 3.54. The molecule has 2 aliphatic heterocycles. The summed E-state index contributed by atoms with van der Waals surface area (Å²) in [5, 5.41) is 7.39. The van der Waals surface area contributed by atoms with E-state index in [1.807, 2.05) is 72.8 Å². The Hall–Kier alpha value is -4.99. The van der Waals surface area contributed by atoms with Crippen LogP contribution in [0.5, 0.6) is 0 Å². The smallest absolute Gasteiger partial charge is 0.356 e. The van der Waals surface area contributed by atoms with Crippen molar-refractivity contribution in [2.45, 2.75) is 30.2 Å². The summed E-state index contributed by atoms with van der Waals surface area (Å²) in [6.07, 6.45) is 2.70. The number of β-lactam (4-membered cyclic amide) rings is 1. The summed E-state index contributed by atoms with van der Waals surface area (Å²) in [6.45, 7) is 1.14. The lowest BCUT2D eigenvalue weighted by molar-refractivity contribution is -0.154. The Kier molecular flexibility index (Phi) is 10.2. The van der Waals surface area contributed by atoms with Crippen molar-refractivity contribution < 1.29 is 28.8 Å². The van der Waals surface area contributed by atoms with Crippen molar-refractivity contribution in [3.63, 3.8) is 0 Å². The highest BCUT2D eigenvalue weighted by atomic mass is 32.2. The van der Waals surface area contributed by atoms with Crippen LogP contribution in [-0.4, -0.2) is 61.5 Å². The number of rotatable bonds is 11. The van der Waals surface area contributed by atoms with Crippen LogP contribution in [-0.2, 0) is 34.5 Å². The highest BCUT2D eigenvalue weighted by Crippen LogP contribution is 2.45. The van der Waals surface area contributed by atoms with Crippen LogP contribution in [0, 0.1) is 0 Å². The van der Waals surface area contributed by atoms with Gasteiger partial charge in [0.1, 0.15) is 22.8 Å². The van der Waals surface area contributed by atoms with Gasteiger partial charge in [0.2, 0.25) is 0 Å². The van der Waals surface area contributed by atoms with Crippen LogP contribution in [0.25, 0.3) is 0 Å². The zero-order valence-electron chi connectivity index (χ0n) is 25.3. The molecule has 2 atom stereocenters. The molecule has 2 aliphatic rings. The molecule has 0 aliphatic carbocycles. The van der Waals surface area contributed by atoms with Gasteiger partial charge >= 0.3 is 11.9 Å². The molecule has 244 valence electrons. The van der Waals surface area contributed by atoms with Gasteiger partial charge in [0, 0.05) is 41.1 Å². The second-order valence-electron chi connectivity index (χ2n) is 10.5. The minimum absolute atomic E-state index is 0.0855. The molecule has 15 heteroatoms. The van der Waals surface area contributed by atoms with E-state index < -0.39 is 41.3 Å². The molecule has 4 aromatic rings. The molecule has 1 saturated heterocycles. The van der Waals surface area contributed by atoms with E-state index in [-0.39, 0.29) is 22.2 Å². The number of fused-ring (bicyclic) bond motifs is 1. The maximum atomic E-state index is 14.2. The summed E-state index contributed by atoms with van der Waals surface area (Å²) >= 11 is 3.90. The van der Waals surface area contributed by atoms with E-state index in [4.69, 9.17) is 15.3 Å². The molecule has 12 nitrogen and oxygen atoms in total. The minimum atomic E-state index is -1.01. The number of hydrogen-bond donors (Lipinski definition) is 2. The fourth-order valence-corrected chi connectivity index (χ4v) is 8.12. The predicted octanol–water partition coefficient (Wildman–Crippen LogP) is 4.27. The normalized spacial score (nSPS) is 17.4. The molecule has 1 fully saturated rings. The van der Waals surface area contributed by atoms with Crippen molar-refractivity contribution in [1.82, 2.24) is 20.2 Å². The second kappa shape index (κ2) is 14.8. The molecule has 6 rings (SSSR count). The zero-order chi connectivity index (χ0) is 33.6. The van der Waals surface area contributed by atoms with Gasteiger partial charge < -0.3 is 20.6 Å². The molecule has 0 bridgehead atoms. The monoisotopic (exact) mass is 700 g/mol. The molecule has 4 heterocycles. The lowest BCUT2D eigenvalue weighted by atomic mass is 10.0. The quantitative estimate of drug-likeness (QED) is 0.0755. The third-order valence-electron chi connectivity index (χ3n) is 7.22. The van der Waals surface area contributed by atoms with Gasteiger partial charge in [0.05, 0.1) is 0 Å². The van der Waals surface area contributed by atoms with Crippen LogP contribution in [0.15, 0.2) is 106 Å². The van der Waals surface area contributed by atoms with Crippen molar-refractivity contribution in [1.29, 1.82) is 0 Å². The first-order valence-corrected chi connectivity index (χ1v) is 17.5. The lowest BCUT2D eigenvalue weighted by Gasteiger charge is -2.49. The van der Waals surface area contributed by atoms with Gasteiger partial charge in [-0.25, -0.2) is 14.6 Å². The van der Waals surface area contributed by atoms with Gasteiger partial charge in [-0.3, -0.25) is 19.5 Å². The zero-order valence-corrected chi connectivity index (χ0v) is 27.8. The number of ether oxygens (including phenoxy) is 1. The van der Waals surface area contributed by atoms with Gasteiger partial charge in [-0.2, -0.15) is 0 Å². The summed E-state index contributed by atoms with van der Waals surface area (Å²) < 4.78 is 6.21. The first-order chi connectivity index (χ1) is 23.3. The number of anilines is 1. The fraction of sp³-hybridized carbons (Fsp3) is 0.182. The molecule has 2 aromatic carbocycles. The van der Waals surface area contributed by atoms with Gasteiger partial charge in [0.25, 0.3) is 11.8 Å². The Morgan fingerprint density at radius 2 is 1.79 bits per heavy atom. The molecule has 0 spiro atoms. The number of aromatic nitrogens is 2. The van der Waals surface area contributed by atoms with Crippen LogP contribution < -0.4 is 11.1 Å². The van der Waals surface area contributed by atoms with Crippen molar-refractivity contribution in [2.24, 2.45) is 5.16 Å². The number of nitrogens with two attached hydrogens (primary N) is 1. The molecule has 2 aromatic heterocycles. The number of esters is 1. The van der Waals surface area contributed by atoms with Crippen molar-refractivity contribution in [2.75, 3.05) is 11.5 Å². The minimum Gasteiger partial charge on any atom is -0.448 e. The highest BCUT2D eigenvalue weighted by molar-refractivity contribution is 8.05. The van der Waals surface area contributed by atoms with E-state index in [1.165, 1.54) is 33.8 Å². The Balaban J connectivity index is 1.28. The summed E-state index contributed by atoms with van der Waals surface area (Å²) in [4.78, 5) is 67.8. The molecular weight excluding hydrogens is 673 g/mol. The van der Waals surface area contributed by atoms with Crippen LogP contribution >= 0.6 is 34.9 Å². The lowest BCUT2D eigenvalue weighted by Crippen LogP contribution is -2.71. The number of amides is 2. The van der Waals surface area contributed by atoms with E-state index in [9.17, 15) is 19.2 Å².